The van der Waals surface area contributed by atoms with Crippen molar-refractivity contribution in [1.82, 2.24) is 9.97 Å². The topological polar surface area (TPSA) is 41.8 Å². The quantitative estimate of drug-likeness (QED) is 0.671. The standard InChI is InChI=1S/C13H12N2O/c1-8-4-3-5-11-12(8)15-13(14-11)10-6-7-16-9(10)2/h3-7H,1-2H3,(H,14,15). The number of aryl methyl sites for hydroxylation is 2. The molecule has 1 N–H and O–H groups in total. The highest BCUT2D eigenvalue weighted by Crippen LogP contribution is 2.25. The Hall–Kier alpha value is -2.03. The molecule has 2 aromatic heterocycles. The van der Waals surface area contributed by atoms with Crippen molar-refractivity contribution in [2.24, 2.45) is 0 Å². The van der Waals surface area contributed by atoms with Crippen LogP contribution in [0, 0.1) is 13.8 Å². The molecule has 0 radical (unpaired) electrons. The Bertz CT molecular complexity index is 649. The van der Waals surface area contributed by atoms with Crippen molar-refractivity contribution in [1.29, 1.82) is 0 Å². The smallest absolute Gasteiger partial charge is 0.142 e. The lowest BCUT2D eigenvalue weighted by Crippen LogP contribution is -1.79. The normalized spacial score (nSPS) is 11.1. The van der Waals surface area contributed by atoms with Crippen LogP contribution in [0.3, 0.4) is 0 Å². The zero-order chi connectivity index (χ0) is 11.1. The predicted octanol–water partition coefficient (Wildman–Crippen LogP) is 3.44. The lowest BCUT2D eigenvalue weighted by Gasteiger charge is -1.91. The van der Waals surface area contributed by atoms with Crippen LogP contribution in [0.2, 0.25) is 0 Å². The number of benzene rings is 1. The number of hydrogen-bond acceptors (Lipinski definition) is 2. The van der Waals surface area contributed by atoms with Crippen LogP contribution in [0.25, 0.3) is 22.4 Å². The minimum absolute atomic E-state index is 0.871. The van der Waals surface area contributed by atoms with Gasteiger partial charge in [-0.15, -0.1) is 0 Å². The molecule has 3 heteroatoms. The molecule has 0 unspecified atom stereocenters. The van der Waals surface area contributed by atoms with Gasteiger partial charge < -0.3 is 9.40 Å². The number of para-hydroxylation sites is 1. The Kier molecular flexibility index (Phi) is 1.86. The van der Waals surface area contributed by atoms with Crippen LogP contribution in [-0.4, -0.2) is 9.97 Å². The molecular weight excluding hydrogens is 200 g/mol. The maximum absolute atomic E-state index is 5.29. The summed E-state index contributed by atoms with van der Waals surface area (Å²) in [6.07, 6.45) is 1.69. The molecule has 0 spiro atoms. The van der Waals surface area contributed by atoms with Crippen LogP contribution in [0.15, 0.2) is 34.9 Å². The highest BCUT2D eigenvalue weighted by atomic mass is 16.3. The van der Waals surface area contributed by atoms with Crippen LogP contribution in [0.4, 0.5) is 0 Å². The molecule has 80 valence electrons. The van der Waals surface area contributed by atoms with E-state index in [1.165, 1.54) is 5.56 Å². The number of imidazole rings is 1. The maximum Gasteiger partial charge on any atom is 0.142 e. The van der Waals surface area contributed by atoms with Gasteiger partial charge in [-0.05, 0) is 31.5 Å². The summed E-state index contributed by atoms with van der Waals surface area (Å²) < 4.78 is 5.29. The van der Waals surface area contributed by atoms with Crippen molar-refractivity contribution >= 4 is 11.0 Å². The molecule has 3 aromatic rings. The average molecular weight is 212 g/mol. The van der Waals surface area contributed by atoms with Gasteiger partial charge in [-0.2, -0.15) is 0 Å². The third-order valence-corrected chi connectivity index (χ3v) is 2.83. The van der Waals surface area contributed by atoms with E-state index in [-0.39, 0.29) is 0 Å². The van der Waals surface area contributed by atoms with Gasteiger partial charge in [0.1, 0.15) is 11.6 Å². The molecule has 0 saturated carbocycles. The summed E-state index contributed by atoms with van der Waals surface area (Å²) in [6, 6.07) is 8.06. The van der Waals surface area contributed by atoms with Crippen molar-refractivity contribution in [3.8, 4) is 11.4 Å². The first-order valence-corrected chi connectivity index (χ1v) is 5.25. The minimum Gasteiger partial charge on any atom is -0.469 e. The van der Waals surface area contributed by atoms with Gasteiger partial charge in [0.15, 0.2) is 0 Å². The van der Waals surface area contributed by atoms with E-state index in [0.29, 0.717) is 0 Å². The lowest BCUT2D eigenvalue weighted by molar-refractivity contribution is 0.535. The molecule has 2 heterocycles. The summed E-state index contributed by atoms with van der Waals surface area (Å²) in [5, 5.41) is 0. The summed E-state index contributed by atoms with van der Waals surface area (Å²) in [5.74, 6) is 1.76. The molecule has 0 atom stereocenters. The van der Waals surface area contributed by atoms with E-state index in [2.05, 4.69) is 23.0 Å². The van der Waals surface area contributed by atoms with Gasteiger partial charge in [-0.25, -0.2) is 4.98 Å². The molecule has 0 amide bonds. The van der Waals surface area contributed by atoms with E-state index in [0.717, 1.165) is 28.2 Å². The fraction of sp³-hybridized carbons (Fsp3) is 0.154. The van der Waals surface area contributed by atoms with Crippen molar-refractivity contribution in [3.05, 3.63) is 41.9 Å². The maximum atomic E-state index is 5.29. The number of furan rings is 1. The largest absolute Gasteiger partial charge is 0.469 e. The summed E-state index contributed by atoms with van der Waals surface area (Å²) in [4.78, 5) is 7.91. The molecule has 0 aliphatic carbocycles. The van der Waals surface area contributed by atoms with E-state index in [4.69, 9.17) is 4.42 Å². The summed E-state index contributed by atoms with van der Waals surface area (Å²) in [5.41, 5.74) is 4.30. The summed E-state index contributed by atoms with van der Waals surface area (Å²) in [7, 11) is 0. The fourth-order valence-electron chi connectivity index (χ4n) is 1.93. The number of hydrogen-bond donors (Lipinski definition) is 1. The van der Waals surface area contributed by atoms with Crippen LogP contribution in [-0.2, 0) is 0 Å². The number of aromatic amines is 1. The summed E-state index contributed by atoms with van der Waals surface area (Å²) in [6.45, 7) is 4.00. The third-order valence-electron chi connectivity index (χ3n) is 2.83. The number of H-pyrrole nitrogens is 1. The van der Waals surface area contributed by atoms with E-state index < -0.39 is 0 Å². The zero-order valence-electron chi connectivity index (χ0n) is 9.24. The van der Waals surface area contributed by atoms with Crippen LogP contribution in [0.5, 0.6) is 0 Å². The third kappa shape index (κ3) is 1.25. The number of aromatic nitrogens is 2. The van der Waals surface area contributed by atoms with Gasteiger partial charge in [0, 0.05) is 0 Å². The molecule has 3 rings (SSSR count). The Morgan fingerprint density at radius 3 is 2.75 bits per heavy atom. The zero-order valence-corrected chi connectivity index (χ0v) is 9.24. The molecule has 0 saturated heterocycles. The molecule has 3 nitrogen and oxygen atoms in total. The Morgan fingerprint density at radius 2 is 2.06 bits per heavy atom. The van der Waals surface area contributed by atoms with Gasteiger partial charge in [-0.1, -0.05) is 12.1 Å². The number of nitrogens with one attached hydrogen (secondary N) is 1. The number of fused-ring (bicyclic) bond motifs is 1. The van der Waals surface area contributed by atoms with Gasteiger partial charge in [-0.3, -0.25) is 0 Å². The van der Waals surface area contributed by atoms with E-state index in [9.17, 15) is 0 Å². The number of nitrogens with zero attached hydrogens (tertiary/aromatic N) is 1. The van der Waals surface area contributed by atoms with Crippen LogP contribution < -0.4 is 0 Å². The second kappa shape index (κ2) is 3.23. The fourth-order valence-corrected chi connectivity index (χ4v) is 1.93. The second-order valence-electron chi connectivity index (χ2n) is 3.95. The van der Waals surface area contributed by atoms with Gasteiger partial charge in [0.05, 0.1) is 22.9 Å². The van der Waals surface area contributed by atoms with Gasteiger partial charge in [0.2, 0.25) is 0 Å². The van der Waals surface area contributed by atoms with E-state index in [1.807, 2.05) is 25.1 Å². The Balaban J connectivity index is 2.27. The monoisotopic (exact) mass is 212 g/mol. The van der Waals surface area contributed by atoms with Crippen molar-refractivity contribution < 1.29 is 4.42 Å². The minimum atomic E-state index is 0.871. The first kappa shape index (κ1) is 9.21. The second-order valence-corrected chi connectivity index (χ2v) is 3.95. The summed E-state index contributed by atoms with van der Waals surface area (Å²) >= 11 is 0. The van der Waals surface area contributed by atoms with Gasteiger partial charge >= 0.3 is 0 Å². The molecule has 0 aliphatic rings. The average Bonchev–Trinajstić information content (AvgIpc) is 2.84. The first-order chi connectivity index (χ1) is 7.75. The molecule has 1 aromatic carbocycles. The van der Waals surface area contributed by atoms with E-state index >= 15 is 0 Å². The lowest BCUT2D eigenvalue weighted by atomic mass is 10.2. The highest BCUT2D eigenvalue weighted by molar-refractivity contribution is 5.82. The first-order valence-electron chi connectivity index (χ1n) is 5.25. The molecule has 16 heavy (non-hydrogen) atoms. The Labute approximate surface area is 93.1 Å². The van der Waals surface area contributed by atoms with Crippen LogP contribution >= 0.6 is 0 Å². The van der Waals surface area contributed by atoms with Gasteiger partial charge in [0.25, 0.3) is 0 Å². The van der Waals surface area contributed by atoms with Crippen molar-refractivity contribution in [2.75, 3.05) is 0 Å². The molecule has 0 bridgehead atoms. The number of rotatable bonds is 1. The van der Waals surface area contributed by atoms with E-state index in [1.54, 1.807) is 6.26 Å². The molecular formula is C13H12N2O. The van der Waals surface area contributed by atoms with Crippen molar-refractivity contribution in [2.45, 2.75) is 13.8 Å². The SMILES string of the molecule is Cc1occc1-c1nc2c(C)cccc2[nH]1. The van der Waals surface area contributed by atoms with Crippen molar-refractivity contribution in [3.63, 3.8) is 0 Å². The van der Waals surface area contributed by atoms with Crippen LogP contribution in [0.1, 0.15) is 11.3 Å². The molecule has 0 aliphatic heterocycles. The predicted molar refractivity (Wildman–Crippen MR) is 63.3 cm³/mol. The Morgan fingerprint density at radius 1 is 1.19 bits per heavy atom. The highest BCUT2D eigenvalue weighted by Gasteiger charge is 2.10. The molecule has 0 fully saturated rings.